The summed E-state index contributed by atoms with van der Waals surface area (Å²) in [6.45, 7) is 61.9. The van der Waals surface area contributed by atoms with Crippen LogP contribution in [0.5, 0.6) is 0 Å². The van der Waals surface area contributed by atoms with Crippen LogP contribution in [-0.2, 0) is 0 Å². The van der Waals surface area contributed by atoms with E-state index in [4.69, 9.17) is 0 Å². The van der Waals surface area contributed by atoms with Crippen LogP contribution in [0.25, 0.3) is 0 Å². The molecule has 6 heteroatoms. The first-order valence-corrected chi connectivity index (χ1v) is 33.7. The van der Waals surface area contributed by atoms with Crippen molar-refractivity contribution >= 4 is 0 Å². The molecule has 6 nitrogen and oxygen atoms in total. The van der Waals surface area contributed by atoms with Gasteiger partial charge in [-0.1, -0.05) is 89.5 Å². The molecule has 0 radical (unpaired) electrons. The number of rotatable bonds is 12. The van der Waals surface area contributed by atoms with Crippen molar-refractivity contribution in [3.8, 4) is 0 Å². The highest BCUT2D eigenvalue weighted by Crippen LogP contribution is 2.56. The van der Waals surface area contributed by atoms with Crippen LogP contribution >= 0.6 is 0 Å². The molecule has 11 fully saturated rings. The molecule has 75 heavy (non-hydrogen) atoms. The first kappa shape index (κ1) is 65.6. The van der Waals surface area contributed by atoms with E-state index in [1.54, 1.807) is 0 Å². The van der Waals surface area contributed by atoms with Crippen molar-refractivity contribution in [2.75, 3.05) is 26.2 Å². The fourth-order valence-corrected chi connectivity index (χ4v) is 17.9. The fraction of sp³-hybridized carbons (Fsp3) is 1.00. The topological polar surface area (TPSA) is 19.4 Å². The Hall–Kier alpha value is -0.240. The predicted molar refractivity (Wildman–Crippen MR) is 331 cm³/mol. The molecule has 0 N–H and O–H groups in total. The molecular formula is C69H136N6. The van der Waals surface area contributed by atoms with E-state index in [1.165, 1.54) is 129 Å². The van der Waals surface area contributed by atoms with E-state index in [0.717, 1.165) is 149 Å². The van der Waals surface area contributed by atoms with Gasteiger partial charge in [-0.2, -0.15) is 0 Å². The van der Waals surface area contributed by atoms with Crippen molar-refractivity contribution in [3.63, 3.8) is 0 Å². The standard InChI is InChI=1S/C13H25N.2C12H23N.C11H21N.C11H23N.C10H21N/c1-9(2)13-11-5-7-12(8-6-11)14(13)10(3)4;1-9(2)11-7-12(5-6-12)8-13(11)10(3)4;1-8(2)12-10-5-6-11(7-10)13(12)9(3)4;1-7(2)11-10-5-9(10)6-12(11)8(3)4;1-9(2)11-7-5-6-8-12(11)10(3)4;1-8(2)10-6-5-7-11(10)9(3)4/h9-13H,5-8H2,1-4H3;9-11H,5-8H2,1-4H3;8-12H,5-7H2,1-4H3;7-11H,5-6H2,1-4H3;9-11H,5-8H2,1-4H3;8-10H,5-7H2,1-4H3/t11?,12?,13-;11-;10?,11?,12-;9?,10?,11-;11-;10-/m101100/s1. The van der Waals surface area contributed by atoms with Gasteiger partial charge in [0.15, 0.2) is 0 Å². The second-order valence-corrected chi connectivity index (χ2v) is 31.2. The van der Waals surface area contributed by atoms with Crippen LogP contribution in [0.15, 0.2) is 0 Å². The van der Waals surface area contributed by atoms with Crippen molar-refractivity contribution in [1.29, 1.82) is 0 Å². The Labute approximate surface area is 471 Å². The molecule has 7 saturated heterocycles. The van der Waals surface area contributed by atoms with Crippen LogP contribution in [0.1, 0.15) is 269 Å². The molecule has 7 heterocycles. The van der Waals surface area contributed by atoms with Crippen molar-refractivity contribution in [2.45, 2.75) is 353 Å². The second-order valence-electron chi connectivity index (χ2n) is 31.2. The Balaban J connectivity index is 0.000000167. The predicted octanol–water partition coefficient (Wildman–Crippen LogP) is 16.9. The molecule has 0 aromatic heterocycles. The Bertz CT molecular complexity index is 1480. The van der Waals surface area contributed by atoms with Crippen LogP contribution in [0, 0.1) is 64.6 Å². The van der Waals surface area contributed by atoms with Gasteiger partial charge in [0.25, 0.3) is 0 Å². The lowest BCUT2D eigenvalue weighted by Crippen LogP contribution is -2.59. The third kappa shape index (κ3) is 17.2. The summed E-state index contributed by atoms with van der Waals surface area (Å²) in [6.07, 6.45) is 23.4. The summed E-state index contributed by atoms with van der Waals surface area (Å²) < 4.78 is 0. The maximum Gasteiger partial charge on any atom is 0.0153 e. The van der Waals surface area contributed by atoms with Crippen LogP contribution < -0.4 is 0 Å². The Morgan fingerprint density at radius 2 is 0.760 bits per heavy atom. The summed E-state index contributed by atoms with van der Waals surface area (Å²) in [4.78, 5) is 16.4. The third-order valence-corrected chi connectivity index (χ3v) is 21.6. The first-order chi connectivity index (χ1) is 35.1. The molecule has 10 atom stereocenters. The lowest BCUT2D eigenvalue weighted by Gasteiger charge is -2.55. The lowest BCUT2D eigenvalue weighted by atomic mass is 9.70. The number of hydrogen-bond donors (Lipinski definition) is 0. The van der Waals surface area contributed by atoms with Gasteiger partial charge in [-0.15, -0.1) is 0 Å². The summed E-state index contributed by atoms with van der Waals surface area (Å²) >= 11 is 0. The summed E-state index contributed by atoms with van der Waals surface area (Å²) in [6, 6.07) is 11.5. The Kier molecular flexibility index (Phi) is 25.5. The van der Waals surface area contributed by atoms with E-state index < -0.39 is 0 Å². The maximum absolute atomic E-state index is 2.82. The van der Waals surface area contributed by atoms with Gasteiger partial charge in [0.1, 0.15) is 0 Å². The Morgan fingerprint density at radius 3 is 1.13 bits per heavy atom. The molecule has 442 valence electrons. The molecule has 7 aliphatic heterocycles. The minimum atomic E-state index is 0.734. The highest BCUT2D eigenvalue weighted by atomic mass is 15.3. The molecule has 11 aliphatic rings. The minimum absolute atomic E-state index is 0.734. The zero-order valence-corrected chi connectivity index (χ0v) is 55.2. The highest BCUT2D eigenvalue weighted by molar-refractivity contribution is 5.07. The molecule has 4 bridgehead atoms. The summed E-state index contributed by atoms with van der Waals surface area (Å²) in [5.74, 6) is 9.19. The van der Waals surface area contributed by atoms with Crippen molar-refractivity contribution < 1.29 is 0 Å². The van der Waals surface area contributed by atoms with Crippen LogP contribution in [-0.4, -0.2) is 140 Å². The monoisotopic (exact) mass is 1050 g/mol. The number of hydrogen-bond acceptors (Lipinski definition) is 6. The largest absolute Gasteiger partial charge is 0.298 e. The molecule has 11 rings (SSSR count). The molecule has 4 saturated carbocycles. The molecule has 0 amide bonds. The van der Waals surface area contributed by atoms with Gasteiger partial charge in [-0.3, -0.25) is 29.4 Å². The fourth-order valence-electron chi connectivity index (χ4n) is 17.9. The highest BCUT2D eigenvalue weighted by Gasteiger charge is 2.54. The summed E-state index contributed by atoms with van der Waals surface area (Å²) in [5, 5.41) is 0. The minimum Gasteiger partial charge on any atom is -0.298 e. The van der Waals surface area contributed by atoms with Gasteiger partial charge in [-0.05, 0) is 257 Å². The third-order valence-electron chi connectivity index (χ3n) is 21.6. The van der Waals surface area contributed by atoms with Crippen LogP contribution in [0.3, 0.4) is 0 Å². The van der Waals surface area contributed by atoms with Gasteiger partial charge in [0.05, 0.1) is 0 Å². The molecule has 0 aromatic rings. The zero-order valence-electron chi connectivity index (χ0n) is 55.2. The quantitative estimate of drug-likeness (QED) is 0.193. The van der Waals surface area contributed by atoms with E-state index in [-0.39, 0.29) is 0 Å². The first-order valence-electron chi connectivity index (χ1n) is 33.7. The van der Waals surface area contributed by atoms with Gasteiger partial charge >= 0.3 is 0 Å². The maximum atomic E-state index is 2.82. The van der Waals surface area contributed by atoms with Gasteiger partial charge in [0, 0.05) is 97.7 Å². The second kappa shape index (κ2) is 29.1. The van der Waals surface area contributed by atoms with E-state index >= 15 is 0 Å². The Morgan fingerprint density at radius 1 is 0.333 bits per heavy atom. The van der Waals surface area contributed by atoms with Crippen LogP contribution in [0.4, 0.5) is 0 Å². The zero-order chi connectivity index (χ0) is 56.0. The van der Waals surface area contributed by atoms with Crippen molar-refractivity contribution in [3.05, 3.63) is 0 Å². The van der Waals surface area contributed by atoms with Gasteiger partial charge in [-0.25, -0.2) is 0 Å². The lowest BCUT2D eigenvalue weighted by molar-refractivity contribution is -0.0536. The number of nitrogens with zero attached hydrogens (tertiary/aromatic N) is 6. The molecule has 1 spiro atoms. The van der Waals surface area contributed by atoms with E-state index in [1.807, 2.05) is 0 Å². The van der Waals surface area contributed by atoms with E-state index in [0.29, 0.717) is 0 Å². The van der Waals surface area contributed by atoms with Gasteiger partial charge < -0.3 is 0 Å². The normalized spacial score (nSPS) is 34.6. The number of piperidine rings is 5. The van der Waals surface area contributed by atoms with Crippen molar-refractivity contribution in [1.82, 2.24) is 29.4 Å². The van der Waals surface area contributed by atoms with E-state index in [2.05, 4.69) is 196 Å². The molecule has 4 unspecified atom stereocenters. The van der Waals surface area contributed by atoms with Crippen molar-refractivity contribution in [2.24, 2.45) is 64.6 Å². The summed E-state index contributed by atoms with van der Waals surface area (Å²) in [7, 11) is 0. The smallest absolute Gasteiger partial charge is 0.0153 e. The number of fused-ring (bicyclic) bond motifs is 6. The molecule has 4 aliphatic carbocycles. The van der Waals surface area contributed by atoms with Gasteiger partial charge in [0.2, 0.25) is 0 Å². The molecular weight excluding hydrogens is 913 g/mol. The van der Waals surface area contributed by atoms with E-state index in [9.17, 15) is 0 Å². The SMILES string of the molecule is CC(C)[C@@H]1C2CC2CN1C(C)C.CC(C)[C@@H]1C2CCC(C2)N1C(C)C.CC(C)[C@@H]1C2CCC(CC2)N1C(C)C.CC(C)[C@@H]1CC2(CC2)CN1C(C)C.CC(C)[C@@H]1CCCCN1C(C)C.CC(C)[C@@H]1CCCN1C(C)C. The average Bonchev–Trinajstić information content (AvgIpc) is 3.81. The number of likely N-dealkylation sites (tertiary alicyclic amines) is 5. The molecule has 0 aromatic carbocycles. The average molecular weight is 1050 g/mol. The van der Waals surface area contributed by atoms with Crippen LogP contribution in [0.2, 0.25) is 0 Å². The summed E-state index contributed by atoms with van der Waals surface area (Å²) in [5.41, 5.74) is 0.777.